The molecule has 1 fully saturated rings. The van der Waals surface area contributed by atoms with Gasteiger partial charge >= 0.3 is 0 Å². The summed E-state index contributed by atoms with van der Waals surface area (Å²) in [5.41, 5.74) is 0.949. The zero-order chi connectivity index (χ0) is 12.1. The number of aliphatic imine (C=N–C) groups is 1. The molecule has 4 heteroatoms. The van der Waals surface area contributed by atoms with E-state index >= 15 is 0 Å². The van der Waals surface area contributed by atoms with Crippen LogP contribution in [0.5, 0.6) is 0 Å². The van der Waals surface area contributed by atoms with Crippen molar-refractivity contribution in [2.45, 2.75) is 25.6 Å². The first-order valence-electron chi connectivity index (χ1n) is 6.34. The van der Waals surface area contributed by atoms with E-state index in [1.807, 2.05) is 24.4 Å². The lowest BCUT2D eigenvalue weighted by Gasteiger charge is -2.28. The number of pyridine rings is 1. The van der Waals surface area contributed by atoms with E-state index in [1.165, 1.54) is 19.0 Å². The van der Waals surface area contributed by atoms with Crippen LogP contribution >= 0.6 is 0 Å². The van der Waals surface area contributed by atoms with Gasteiger partial charge in [-0.1, -0.05) is 19.2 Å². The minimum atomic E-state index is -1.06. The molecule has 0 spiro atoms. The summed E-state index contributed by atoms with van der Waals surface area (Å²) < 4.78 is 2.67. The van der Waals surface area contributed by atoms with E-state index in [4.69, 9.17) is 0 Å². The Bertz CT molecular complexity index is 376. The highest BCUT2D eigenvalue weighted by atomic mass is 28.3. The monoisotopic (exact) mass is 247 g/mol. The molecule has 1 aliphatic heterocycles. The number of aromatic nitrogens is 1. The second-order valence-corrected chi connectivity index (χ2v) is 9.95. The maximum Gasteiger partial charge on any atom is 0.122 e. The number of rotatable bonds is 4. The number of nitrogens with zero attached hydrogens (tertiary/aromatic N) is 3. The molecule has 2 rings (SSSR count). The number of hydrogen-bond acceptors (Lipinski definition) is 3. The summed E-state index contributed by atoms with van der Waals surface area (Å²) in [7, 11) is -1.06. The smallest absolute Gasteiger partial charge is 0.122 e. The van der Waals surface area contributed by atoms with Crippen LogP contribution in [0.15, 0.2) is 29.4 Å². The Morgan fingerprint density at radius 3 is 3.00 bits per heavy atom. The van der Waals surface area contributed by atoms with Crippen LogP contribution in [0.3, 0.4) is 0 Å². The average Bonchev–Trinajstić information content (AvgIpc) is 2.66. The fraction of sp³-hybridized carbons (Fsp3) is 0.538. The topological polar surface area (TPSA) is 28.5 Å². The first kappa shape index (κ1) is 12.5. The minimum Gasteiger partial charge on any atom is -0.322 e. The Kier molecular flexibility index (Phi) is 4.07. The van der Waals surface area contributed by atoms with Gasteiger partial charge < -0.3 is 4.57 Å². The summed E-state index contributed by atoms with van der Waals surface area (Å²) in [6, 6.07) is 7.34. The molecule has 1 aromatic heterocycles. The molecule has 1 aliphatic rings. The molecule has 0 unspecified atom stereocenters. The minimum absolute atomic E-state index is 0.896. The van der Waals surface area contributed by atoms with Crippen LogP contribution in [-0.4, -0.2) is 43.6 Å². The molecule has 1 aromatic rings. The van der Waals surface area contributed by atoms with E-state index < -0.39 is 8.24 Å². The molecule has 0 bridgehead atoms. The van der Waals surface area contributed by atoms with Crippen molar-refractivity contribution in [2.75, 3.05) is 19.6 Å². The van der Waals surface area contributed by atoms with Gasteiger partial charge in [-0.25, -0.2) is 0 Å². The van der Waals surface area contributed by atoms with Gasteiger partial charge in [-0.2, -0.15) is 0 Å². The molecular formula is C13H21N3Si. The zero-order valence-electron chi connectivity index (χ0n) is 10.8. The first-order valence-corrected chi connectivity index (χ1v) is 9.50. The van der Waals surface area contributed by atoms with Crippen LogP contribution in [0.4, 0.5) is 0 Å². The molecule has 0 saturated carbocycles. The second-order valence-electron chi connectivity index (χ2n) is 5.19. The first-order chi connectivity index (χ1) is 8.18. The quantitative estimate of drug-likeness (QED) is 0.604. The molecule has 92 valence electrons. The molecule has 3 nitrogen and oxygen atoms in total. The van der Waals surface area contributed by atoms with Crippen molar-refractivity contribution in [3.63, 3.8) is 0 Å². The van der Waals surface area contributed by atoms with Gasteiger partial charge in [-0.3, -0.25) is 9.98 Å². The summed E-state index contributed by atoms with van der Waals surface area (Å²) in [6.45, 7) is 8.21. The van der Waals surface area contributed by atoms with Crippen molar-refractivity contribution < 1.29 is 0 Å². The van der Waals surface area contributed by atoms with Crippen molar-refractivity contribution in [3.05, 3.63) is 30.1 Å². The van der Waals surface area contributed by atoms with Crippen LogP contribution in [0.2, 0.25) is 19.1 Å². The Morgan fingerprint density at radius 1 is 1.47 bits per heavy atom. The third-order valence-electron chi connectivity index (χ3n) is 3.48. The molecule has 1 saturated heterocycles. The summed E-state index contributed by atoms with van der Waals surface area (Å²) in [6.07, 6.45) is 5.06. The molecule has 0 N–H and O–H groups in total. The molecule has 0 radical (unpaired) electrons. The normalized spacial score (nSPS) is 20.1. The summed E-state index contributed by atoms with van der Waals surface area (Å²) in [4.78, 5) is 8.69. The largest absolute Gasteiger partial charge is 0.322 e. The van der Waals surface area contributed by atoms with E-state index in [9.17, 15) is 0 Å². The third-order valence-corrected chi connectivity index (χ3v) is 7.22. The van der Waals surface area contributed by atoms with Gasteiger partial charge in [0.2, 0.25) is 0 Å². The highest BCUT2D eigenvalue weighted by molar-refractivity contribution is 6.75. The maximum absolute atomic E-state index is 4.46. The Labute approximate surface area is 105 Å². The summed E-state index contributed by atoms with van der Waals surface area (Å²) >= 11 is 0. The van der Waals surface area contributed by atoms with Gasteiger partial charge in [0, 0.05) is 19.0 Å². The van der Waals surface area contributed by atoms with Crippen molar-refractivity contribution in [1.29, 1.82) is 0 Å². The van der Waals surface area contributed by atoms with E-state index in [0.717, 1.165) is 18.8 Å². The molecule has 0 amide bonds. The zero-order valence-corrected chi connectivity index (χ0v) is 11.8. The van der Waals surface area contributed by atoms with E-state index in [2.05, 4.69) is 27.6 Å². The van der Waals surface area contributed by atoms with Crippen LogP contribution < -0.4 is 0 Å². The van der Waals surface area contributed by atoms with Gasteiger partial charge in [-0.05, 0) is 31.1 Å². The standard InChI is InChI=1S/C13H21N3Si/c1-17(2)11-5-9-16(17)10-8-14-12-13-6-3-4-7-15-13/h3-4,6-7,12H,5,8-11H2,1-2H3. The summed E-state index contributed by atoms with van der Waals surface area (Å²) in [5, 5.41) is 0. The Morgan fingerprint density at radius 2 is 2.35 bits per heavy atom. The van der Waals surface area contributed by atoms with Gasteiger partial charge in [-0.15, -0.1) is 0 Å². The van der Waals surface area contributed by atoms with Crippen LogP contribution in [0, 0.1) is 0 Å². The fourth-order valence-electron chi connectivity index (χ4n) is 2.37. The van der Waals surface area contributed by atoms with E-state index in [1.54, 1.807) is 6.20 Å². The second kappa shape index (κ2) is 5.56. The van der Waals surface area contributed by atoms with Crippen molar-refractivity contribution in [1.82, 2.24) is 9.55 Å². The molecular weight excluding hydrogens is 226 g/mol. The molecule has 17 heavy (non-hydrogen) atoms. The van der Waals surface area contributed by atoms with Gasteiger partial charge in [0.15, 0.2) is 0 Å². The lowest BCUT2D eigenvalue weighted by atomic mass is 10.4. The van der Waals surface area contributed by atoms with E-state index in [0.29, 0.717) is 0 Å². The van der Waals surface area contributed by atoms with Gasteiger partial charge in [0.1, 0.15) is 8.24 Å². The molecule has 0 aliphatic carbocycles. The predicted octanol–water partition coefficient (Wildman–Crippen LogP) is 2.41. The maximum atomic E-state index is 4.46. The Hall–Kier alpha value is -1.00. The summed E-state index contributed by atoms with van der Waals surface area (Å²) in [5.74, 6) is 0. The fourth-order valence-corrected chi connectivity index (χ4v) is 5.17. The van der Waals surface area contributed by atoms with Crippen molar-refractivity contribution >= 4 is 14.5 Å². The molecule has 2 heterocycles. The predicted molar refractivity (Wildman–Crippen MR) is 75.2 cm³/mol. The number of hydrogen-bond donors (Lipinski definition) is 0. The lowest BCUT2D eigenvalue weighted by Crippen LogP contribution is -2.44. The Balaban J connectivity index is 1.78. The van der Waals surface area contributed by atoms with Crippen LogP contribution in [0.1, 0.15) is 12.1 Å². The molecule has 0 atom stereocenters. The average molecular weight is 247 g/mol. The van der Waals surface area contributed by atoms with Crippen molar-refractivity contribution in [2.24, 2.45) is 4.99 Å². The highest BCUT2D eigenvalue weighted by Crippen LogP contribution is 2.24. The van der Waals surface area contributed by atoms with E-state index in [-0.39, 0.29) is 0 Å². The van der Waals surface area contributed by atoms with Crippen LogP contribution in [-0.2, 0) is 0 Å². The third kappa shape index (κ3) is 3.48. The van der Waals surface area contributed by atoms with Crippen LogP contribution in [0.25, 0.3) is 0 Å². The highest BCUT2D eigenvalue weighted by Gasteiger charge is 2.33. The van der Waals surface area contributed by atoms with Gasteiger partial charge in [0.05, 0.1) is 12.2 Å². The SMILES string of the molecule is C[Si]1(C)CCCN1CCN=Cc1ccccn1. The van der Waals surface area contributed by atoms with Gasteiger partial charge in [0.25, 0.3) is 0 Å². The lowest BCUT2D eigenvalue weighted by molar-refractivity contribution is 0.469. The van der Waals surface area contributed by atoms with Crippen molar-refractivity contribution in [3.8, 4) is 0 Å². The molecule has 0 aromatic carbocycles.